The summed E-state index contributed by atoms with van der Waals surface area (Å²) in [6.45, 7) is 3.47. The second-order valence-corrected chi connectivity index (χ2v) is 4.91. The Hall–Kier alpha value is -2.35. The minimum atomic E-state index is -0.339. The van der Waals surface area contributed by atoms with Gasteiger partial charge in [0.25, 0.3) is 5.91 Å². The van der Waals surface area contributed by atoms with E-state index in [2.05, 4.69) is 5.32 Å². The topological polar surface area (TPSA) is 73.2 Å². The van der Waals surface area contributed by atoms with Crippen LogP contribution in [0.5, 0.6) is 0 Å². The van der Waals surface area contributed by atoms with Gasteiger partial charge in [-0.05, 0) is 43.5 Å². The maximum Gasteiger partial charge on any atom is 0.253 e. The van der Waals surface area contributed by atoms with Gasteiger partial charge >= 0.3 is 0 Å². The van der Waals surface area contributed by atoms with Crippen molar-refractivity contribution < 1.29 is 9.59 Å². The Morgan fingerprint density at radius 3 is 2.65 bits per heavy atom. The Morgan fingerprint density at radius 2 is 2.05 bits per heavy atom. The normalized spacial score (nSPS) is 13.9. The number of amides is 2. The largest absolute Gasteiger partial charge is 0.339 e. The lowest BCUT2D eigenvalue weighted by molar-refractivity contribution is -0.115. The van der Waals surface area contributed by atoms with Crippen molar-refractivity contribution in [3.05, 3.63) is 29.3 Å². The number of nitriles is 1. The van der Waals surface area contributed by atoms with Crippen molar-refractivity contribution in [3.8, 4) is 6.07 Å². The zero-order valence-electron chi connectivity index (χ0n) is 11.5. The lowest BCUT2D eigenvalue weighted by atomic mass is 10.1. The third-order valence-corrected chi connectivity index (χ3v) is 3.38. The molecule has 0 atom stereocenters. The Bertz CT molecular complexity index is 569. The first-order chi connectivity index (χ1) is 9.61. The van der Waals surface area contributed by atoms with Crippen molar-refractivity contribution in [1.82, 2.24) is 4.90 Å². The number of aryl methyl sites for hydroxylation is 1. The fourth-order valence-electron chi connectivity index (χ4n) is 2.31. The average Bonchev–Trinajstić information content (AvgIpc) is 2.94. The van der Waals surface area contributed by atoms with Crippen LogP contribution in [0.25, 0.3) is 0 Å². The van der Waals surface area contributed by atoms with E-state index in [9.17, 15) is 9.59 Å². The molecular formula is C15H17N3O2. The molecule has 1 N–H and O–H groups in total. The van der Waals surface area contributed by atoms with Crippen molar-refractivity contribution in [1.29, 1.82) is 5.26 Å². The van der Waals surface area contributed by atoms with Crippen molar-refractivity contribution in [2.24, 2.45) is 0 Å². The van der Waals surface area contributed by atoms with Crippen LogP contribution in [0.1, 0.15) is 35.2 Å². The molecule has 0 saturated carbocycles. The first-order valence-corrected chi connectivity index (χ1v) is 6.68. The van der Waals surface area contributed by atoms with E-state index in [0.717, 1.165) is 31.5 Å². The van der Waals surface area contributed by atoms with Crippen LogP contribution >= 0.6 is 0 Å². The zero-order chi connectivity index (χ0) is 14.5. The Labute approximate surface area is 118 Å². The van der Waals surface area contributed by atoms with Crippen molar-refractivity contribution in [2.75, 3.05) is 18.4 Å². The molecule has 0 spiro atoms. The summed E-state index contributed by atoms with van der Waals surface area (Å²) < 4.78 is 0. The number of carbonyl (C=O) groups excluding carboxylic acids is 2. The molecule has 2 rings (SSSR count). The molecule has 5 nitrogen and oxygen atoms in total. The van der Waals surface area contributed by atoms with E-state index in [1.54, 1.807) is 24.3 Å². The van der Waals surface area contributed by atoms with E-state index in [1.807, 2.05) is 11.8 Å². The SMILES string of the molecule is Cc1cc(C(=O)N2CCCC2)ccc1NC(=O)CC#N. The number of anilines is 1. The van der Waals surface area contributed by atoms with Gasteiger partial charge in [-0.25, -0.2) is 0 Å². The van der Waals surface area contributed by atoms with Crippen molar-refractivity contribution in [3.63, 3.8) is 0 Å². The summed E-state index contributed by atoms with van der Waals surface area (Å²) in [6, 6.07) is 7.02. The summed E-state index contributed by atoms with van der Waals surface area (Å²) in [7, 11) is 0. The summed E-state index contributed by atoms with van der Waals surface area (Å²) in [5.41, 5.74) is 2.10. The lowest BCUT2D eigenvalue weighted by Crippen LogP contribution is -2.27. The van der Waals surface area contributed by atoms with E-state index < -0.39 is 0 Å². The second-order valence-electron chi connectivity index (χ2n) is 4.91. The second kappa shape index (κ2) is 6.20. The molecular weight excluding hydrogens is 254 g/mol. The minimum absolute atomic E-state index is 0.0421. The molecule has 0 aliphatic carbocycles. The van der Waals surface area contributed by atoms with Crippen LogP contribution in [-0.2, 0) is 4.79 Å². The third kappa shape index (κ3) is 3.15. The van der Waals surface area contributed by atoms with Gasteiger partial charge in [-0.2, -0.15) is 5.26 Å². The molecule has 0 bridgehead atoms. The number of hydrogen-bond acceptors (Lipinski definition) is 3. The van der Waals surface area contributed by atoms with Gasteiger partial charge in [0, 0.05) is 24.3 Å². The van der Waals surface area contributed by atoms with Gasteiger partial charge in [0.15, 0.2) is 0 Å². The van der Waals surface area contributed by atoms with Gasteiger partial charge in [-0.3, -0.25) is 9.59 Å². The summed E-state index contributed by atoms with van der Waals surface area (Å²) in [6.07, 6.45) is 1.95. The number of nitrogens with zero attached hydrogens (tertiary/aromatic N) is 2. The van der Waals surface area contributed by atoms with Crippen LogP contribution in [0.15, 0.2) is 18.2 Å². The van der Waals surface area contributed by atoms with Gasteiger partial charge in [0.05, 0.1) is 6.07 Å². The van der Waals surface area contributed by atoms with Crippen LogP contribution in [0.2, 0.25) is 0 Å². The molecule has 1 aliphatic heterocycles. The van der Waals surface area contributed by atoms with Gasteiger partial charge in [0.2, 0.25) is 5.91 Å². The number of likely N-dealkylation sites (tertiary alicyclic amines) is 1. The first-order valence-electron chi connectivity index (χ1n) is 6.68. The third-order valence-electron chi connectivity index (χ3n) is 3.38. The molecule has 0 aromatic heterocycles. The zero-order valence-corrected chi connectivity index (χ0v) is 11.5. The molecule has 1 heterocycles. The Balaban J connectivity index is 2.11. The highest BCUT2D eigenvalue weighted by molar-refractivity contribution is 5.97. The predicted octanol–water partition coefficient (Wildman–Crippen LogP) is 2.08. The summed E-state index contributed by atoms with van der Waals surface area (Å²) >= 11 is 0. The Kier molecular flexibility index (Phi) is 4.36. The van der Waals surface area contributed by atoms with Crippen LogP contribution in [0, 0.1) is 18.3 Å². The molecule has 1 saturated heterocycles. The van der Waals surface area contributed by atoms with Gasteiger partial charge in [-0.15, -0.1) is 0 Å². The van der Waals surface area contributed by atoms with Crippen LogP contribution in [0.4, 0.5) is 5.69 Å². The standard InChI is InChI=1S/C15H17N3O2/c1-11-10-12(15(20)18-8-2-3-9-18)4-5-13(11)17-14(19)6-7-16/h4-5,10H,2-3,6,8-9H2,1H3,(H,17,19). The Morgan fingerprint density at radius 1 is 1.35 bits per heavy atom. The van der Waals surface area contributed by atoms with Gasteiger partial charge in [-0.1, -0.05) is 0 Å². The van der Waals surface area contributed by atoms with Crippen molar-refractivity contribution in [2.45, 2.75) is 26.2 Å². The average molecular weight is 271 g/mol. The van der Waals surface area contributed by atoms with Crippen LogP contribution in [-0.4, -0.2) is 29.8 Å². The molecule has 5 heteroatoms. The van der Waals surface area contributed by atoms with E-state index in [-0.39, 0.29) is 18.2 Å². The fourth-order valence-corrected chi connectivity index (χ4v) is 2.31. The first kappa shape index (κ1) is 14.1. The summed E-state index contributed by atoms with van der Waals surface area (Å²) in [5.74, 6) is -0.297. The molecule has 1 fully saturated rings. The molecule has 0 unspecified atom stereocenters. The molecule has 20 heavy (non-hydrogen) atoms. The molecule has 0 radical (unpaired) electrons. The quantitative estimate of drug-likeness (QED) is 0.914. The maximum atomic E-state index is 12.2. The molecule has 1 aromatic rings. The maximum absolute atomic E-state index is 12.2. The number of benzene rings is 1. The number of carbonyl (C=O) groups is 2. The summed E-state index contributed by atoms with van der Waals surface area (Å²) in [4.78, 5) is 25.5. The number of rotatable bonds is 3. The minimum Gasteiger partial charge on any atom is -0.339 e. The van der Waals surface area contributed by atoms with Gasteiger partial charge in [0.1, 0.15) is 6.42 Å². The monoisotopic (exact) mass is 271 g/mol. The predicted molar refractivity (Wildman–Crippen MR) is 75.2 cm³/mol. The molecule has 1 aliphatic rings. The van der Waals surface area contributed by atoms with E-state index in [1.165, 1.54) is 0 Å². The number of hydrogen-bond donors (Lipinski definition) is 1. The van der Waals surface area contributed by atoms with Crippen LogP contribution < -0.4 is 5.32 Å². The highest BCUT2D eigenvalue weighted by Gasteiger charge is 2.19. The fraction of sp³-hybridized carbons (Fsp3) is 0.400. The lowest BCUT2D eigenvalue weighted by Gasteiger charge is -2.16. The highest BCUT2D eigenvalue weighted by Crippen LogP contribution is 2.19. The van der Waals surface area contributed by atoms with Crippen molar-refractivity contribution >= 4 is 17.5 Å². The van der Waals surface area contributed by atoms with E-state index in [4.69, 9.17) is 5.26 Å². The molecule has 2 amide bonds. The molecule has 1 aromatic carbocycles. The van der Waals surface area contributed by atoms with Gasteiger partial charge < -0.3 is 10.2 Å². The van der Waals surface area contributed by atoms with E-state index >= 15 is 0 Å². The summed E-state index contributed by atoms with van der Waals surface area (Å²) in [5, 5.41) is 11.1. The molecule has 104 valence electrons. The van der Waals surface area contributed by atoms with Crippen LogP contribution in [0.3, 0.4) is 0 Å². The van der Waals surface area contributed by atoms with E-state index in [0.29, 0.717) is 11.3 Å². The smallest absolute Gasteiger partial charge is 0.253 e. The number of nitrogens with one attached hydrogen (secondary N) is 1. The highest BCUT2D eigenvalue weighted by atomic mass is 16.2.